The van der Waals surface area contributed by atoms with Gasteiger partial charge in [-0.2, -0.15) is 0 Å². The average Bonchev–Trinajstić information content (AvgIpc) is 3.16. The predicted octanol–water partition coefficient (Wildman–Crippen LogP) is -1.57. The fourth-order valence-corrected chi connectivity index (χ4v) is 11.0. The van der Waals surface area contributed by atoms with Crippen molar-refractivity contribution >= 4 is 5.97 Å². The van der Waals surface area contributed by atoms with Crippen LogP contribution in [0.5, 0.6) is 0 Å². The van der Waals surface area contributed by atoms with Crippen molar-refractivity contribution in [2.24, 2.45) is 28.1 Å². The first-order valence-electron chi connectivity index (χ1n) is 16.7. The second-order valence-electron chi connectivity index (χ2n) is 15.9. The molecule has 1 spiro atoms. The Hall–Kier alpha value is -1.01. The first-order valence-corrected chi connectivity index (χ1v) is 16.7. The van der Waals surface area contributed by atoms with Crippen LogP contribution in [0.25, 0.3) is 0 Å². The van der Waals surface area contributed by atoms with Gasteiger partial charge >= 0.3 is 5.97 Å². The van der Waals surface area contributed by atoms with Crippen molar-refractivity contribution in [3.8, 4) is 0 Å². The molecule has 6 aliphatic rings. The van der Waals surface area contributed by atoms with E-state index in [-0.39, 0.29) is 22.7 Å². The van der Waals surface area contributed by atoms with Crippen LogP contribution in [0.15, 0.2) is 0 Å². The molecule has 17 atom stereocenters. The molecule has 46 heavy (non-hydrogen) atoms. The summed E-state index contributed by atoms with van der Waals surface area (Å²) in [6.45, 7) is 4.59. The Morgan fingerprint density at radius 1 is 0.717 bits per heavy atom. The van der Waals surface area contributed by atoms with Crippen LogP contribution >= 0.6 is 0 Å². The van der Waals surface area contributed by atoms with Crippen LogP contribution in [0.3, 0.4) is 0 Å². The molecule has 3 unspecified atom stereocenters. The zero-order valence-electron chi connectivity index (χ0n) is 26.8. The molecule has 9 N–H and O–H groups in total. The second kappa shape index (κ2) is 11.8. The van der Waals surface area contributed by atoms with E-state index in [1.54, 1.807) is 6.92 Å². The van der Waals surface area contributed by atoms with Crippen LogP contribution < -0.4 is 0 Å². The van der Waals surface area contributed by atoms with Gasteiger partial charge in [-0.15, -0.1) is 0 Å². The molecule has 0 amide bonds. The van der Waals surface area contributed by atoms with E-state index in [0.29, 0.717) is 44.9 Å². The molecule has 6 rings (SSSR count). The van der Waals surface area contributed by atoms with Gasteiger partial charge in [0.25, 0.3) is 0 Å². The molecule has 2 aliphatic heterocycles. The molecule has 0 radical (unpaired) electrons. The van der Waals surface area contributed by atoms with Gasteiger partial charge in [-0.05, 0) is 87.9 Å². The molecule has 4 aliphatic carbocycles. The van der Waals surface area contributed by atoms with Crippen molar-refractivity contribution in [1.29, 1.82) is 0 Å². The number of hydrogen-bond donors (Lipinski definition) is 9. The lowest BCUT2D eigenvalue weighted by Gasteiger charge is -2.64. The molecular weight excluding hydrogens is 608 g/mol. The lowest BCUT2D eigenvalue weighted by molar-refractivity contribution is -0.346. The molecule has 2 bridgehead atoms. The number of ether oxygens (including phenoxy) is 4. The molecule has 4 saturated carbocycles. The lowest BCUT2D eigenvalue weighted by atomic mass is 9.41. The third-order valence-corrected chi connectivity index (χ3v) is 13.3. The van der Waals surface area contributed by atoms with Gasteiger partial charge in [0.2, 0.25) is 6.29 Å². The van der Waals surface area contributed by atoms with E-state index >= 15 is 0 Å². The Morgan fingerprint density at radius 2 is 1.28 bits per heavy atom. The zero-order chi connectivity index (χ0) is 33.6. The van der Waals surface area contributed by atoms with Gasteiger partial charge in [0.15, 0.2) is 6.29 Å². The topological polar surface area (TPSA) is 236 Å². The van der Waals surface area contributed by atoms with Gasteiger partial charge in [-0.25, -0.2) is 0 Å². The van der Waals surface area contributed by atoms with Crippen LogP contribution in [0.2, 0.25) is 0 Å². The van der Waals surface area contributed by atoms with E-state index in [1.165, 1.54) is 0 Å². The van der Waals surface area contributed by atoms with Gasteiger partial charge < -0.3 is 64.9 Å². The normalized spacial score (nSPS) is 57.0. The Balaban J connectivity index is 1.23. The third kappa shape index (κ3) is 5.01. The van der Waals surface area contributed by atoms with E-state index < -0.39 is 97.2 Å². The van der Waals surface area contributed by atoms with E-state index in [0.717, 1.165) is 12.8 Å². The van der Waals surface area contributed by atoms with Gasteiger partial charge in [0.05, 0.1) is 24.2 Å². The zero-order valence-corrected chi connectivity index (χ0v) is 26.8. The maximum absolute atomic E-state index is 14.0. The quantitative estimate of drug-likeness (QED) is 0.116. The van der Waals surface area contributed by atoms with Gasteiger partial charge in [-0.3, -0.25) is 4.79 Å². The summed E-state index contributed by atoms with van der Waals surface area (Å²) < 4.78 is 23.3. The van der Waals surface area contributed by atoms with Crippen molar-refractivity contribution in [3.63, 3.8) is 0 Å². The highest BCUT2D eigenvalue weighted by atomic mass is 16.7. The highest BCUT2D eigenvalue weighted by Gasteiger charge is 2.73. The van der Waals surface area contributed by atoms with E-state index in [2.05, 4.69) is 6.92 Å². The summed E-state index contributed by atoms with van der Waals surface area (Å²) in [4.78, 5) is 14.0. The summed E-state index contributed by atoms with van der Waals surface area (Å²) in [6.07, 6.45) is -9.39. The fraction of sp³-hybridized carbons (Fsp3) is 0.969. The SMILES string of the molecule is C[C@@]12CCC[C@@](C)(C(=O)O[C@@H]3O[C@H](CO)[C@@H](O)[C@H](O)[C@H]3O)C1CC[C@@]13C[C@@](OC4O[C@H](CO)[C@@H](O)[C@H](O)[C@H]4O)(CCC12)[C@](C)(O)C3. The average molecular weight is 661 g/mol. The first-order chi connectivity index (χ1) is 21.5. The molecule has 14 heteroatoms. The largest absolute Gasteiger partial charge is 0.432 e. The lowest BCUT2D eigenvalue weighted by Crippen LogP contribution is -2.64. The second-order valence-corrected chi connectivity index (χ2v) is 15.9. The van der Waals surface area contributed by atoms with Crippen LogP contribution in [-0.4, -0.2) is 138 Å². The van der Waals surface area contributed by atoms with E-state index in [1.807, 2.05) is 6.92 Å². The summed E-state index contributed by atoms with van der Waals surface area (Å²) in [5.41, 5.74) is -4.05. The standard InChI is InChI=1S/C32H52O14/c1-28-7-4-8-29(2,27(41)45-25-23(39)21(37)19(35)15(11-33)43-25)17(28)5-9-31-13-30(3,42)32(14-31,10-6-18(28)31)46-26-24(40)22(38)20(36)16(12-34)44-26/h15-26,33-40,42H,4-14H2,1-3H3/t15-,16-,17?,18?,19-,20-,21+,22+,23-,24-,25+,26?,28-,29-,30-,31-,32+/m1/s1. The summed E-state index contributed by atoms with van der Waals surface area (Å²) in [5, 5.41) is 93.5. The summed E-state index contributed by atoms with van der Waals surface area (Å²) >= 11 is 0. The molecule has 2 heterocycles. The number of rotatable bonds is 6. The van der Waals surface area contributed by atoms with E-state index in [4.69, 9.17) is 18.9 Å². The van der Waals surface area contributed by atoms with Crippen LogP contribution in [0, 0.1) is 28.1 Å². The maximum Gasteiger partial charge on any atom is 0.314 e. The van der Waals surface area contributed by atoms with Crippen LogP contribution in [0.4, 0.5) is 0 Å². The minimum atomic E-state index is -1.69. The number of carbonyl (C=O) groups excluding carboxylic acids is 1. The predicted molar refractivity (Wildman–Crippen MR) is 155 cm³/mol. The Bertz CT molecular complexity index is 1150. The van der Waals surface area contributed by atoms with Crippen molar-refractivity contribution in [2.45, 2.75) is 151 Å². The molecule has 0 aromatic rings. The summed E-state index contributed by atoms with van der Waals surface area (Å²) in [7, 11) is 0. The highest BCUT2D eigenvalue weighted by Crippen LogP contribution is 2.74. The number of aliphatic hydroxyl groups excluding tert-OH is 8. The molecule has 264 valence electrons. The summed E-state index contributed by atoms with van der Waals surface area (Å²) in [5.74, 6) is -0.566. The molecule has 0 aromatic heterocycles. The van der Waals surface area contributed by atoms with Crippen LogP contribution in [0.1, 0.15) is 78.6 Å². The smallest absolute Gasteiger partial charge is 0.314 e. The maximum atomic E-state index is 14.0. The Kier molecular flexibility index (Phi) is 8.94. The van der Waals surface area contributed by atoms with E-state index in [9.17, 15) is 50.8 Å². The molecule has 0 aromatic carbocycles. The monoisotopic (exact) mass is 660 g/mol. The van der Waals surface area contributed by atoms with Crippen molar-refractivity contribution in [1.82, 2.24) is 0 Å². The highest BCUT2D eigenvalue weighted by molar-refractivity contribution is 5.77. The number of aliphatic hydroxyl groups is 9. The number of fused-ring (bicyclic) bond motifs is 3. The van der Waals surface area contributed by atoms with Gasteiger partial charge in [0, 0.05) is 0 Å². The van der Waals surface area contributed by atoms with Crippen molar-refractivity contribution < 1.29 is 69.7 Å². The fourth-order valence-electron chi connectivity index (χ4n) is 11.0. The molecule has 6 fully saturated rings. The Labute approximate surface area is 268 Å². The minimum absolute atomic E-state index is 0.105. The number of esters is 1. The van der Waals surface area contributed by atoms with Crippen molar-refractivity contribution in [2.75, 3.05) is 13.2 Å². The number of carbonyl (C=O) groups is 1. The Morgan fingerprint density at radius 3 is 1.89 bits per heavy atom. The number of hydrogen-bond acceptors (Lipinski definition) is 14. The minimum Gasteiger partial charge on any atom is -0.432 e. The van der Waals surface area contributed by atoms with Crippen molar-refractivity contribution in [3.05, 3.63) is 0 Å². The van der Waals surface area contributed by atoms with Gasteiger partial charge in [0.1, 0.15) is 54.4 Å². The van der Waals surface area contributed by atoms with Gasteiger partial charge in [-0.1, -0.05) is 13.3 Å². The molecule has 2 saturated heterocycles. The molecule has 14 nitrogen and oxygen atoms in total. The molecular formula is C32H52O14. The third-order valence-electron chi connectivity index (χ3n) is 13.3. The summed E-state index contributed by atoms with van der Waals surface area (Å²) in [6, 6.07) is 0. The first kappa shape index (κ1) is 34.8. The van der Waals surface area contributed by atoms with Crippen LogP contribution in [-0.2, 0) is 23.7 Å².